The SMILES string of the molecule is C1=N/C=C\CCCCC1. The van der Waals surface area contributed by atoms with Crippen LogP contribution in [0.2, 0.25) is 0 Å². The first kappa shape index (κ1) is 6.53. The van der Waals surface area contributed by atoms with Crippen LogP contribution in [0.3, 0.4) is 0 Å². The Labute approximate surface area is 56.5 Å². The van der Waals surface area contributed by atoms with E-state index < -0.39 is 0 Å². The third-order valence-electron chi connectivity index (χ3n) is 1.50. The van der Waals surface area contributed by atoms with Gasteiger partial charge >= 0.3 is 0 Å². The Balaban J connectivity index is 2.28. The highest BCUT2D eigenvalue weighted by Crippen LogP contribution is 2.04. The minimum Gasteiger partial charge on any atom is -0.269 e. The molecule has 0 aromatic carbocycles. The molecule has 0 fully saturated rings. The summed E-state index contributed by atoms with van der Waals surface area (Å²) in [5.74, 6) is 0. The standard InChI is InChI=1S/C8H13N/c1-2-4-6-8-9-7-5-3-1/h5,7-8H,1-4,6H2/b7-5-,9-8?. The lowest BCUT2D eigenvalue weighted by atomic mass is 10.2. The van der Waals surface area contributed by atoms with Crippen molar-refractivity contribution in [1.82, 2.24) is 0 Å². The van der Waals surface area contributed by atoms with E-state index in [4.69, 9.17) is 0 Å². The van der Waals surface area contributed by atoms with Crippen LogP contribution in [-0.2, 0) is 0 Å². The number of nitrogens with zero attached hydrogens (tertiary/aromatic N) is 1. The van der Waals surface area contributed by atoms with Crippen molar-refractivity contribution >= 4 is 6.21 Å². The van der Waals surface area contributed by atoms with Crippen LogP contribution in [0, 0.1) is 0 Å². The molecule has 50 valence electrons. The summed E-state index contributed by atoms with van der Waals surface area (Å²) in [7, 11) is 0. The molecule has 1 heterocycles. The lowest BCUT2D eigenvalue weighted by Crippen LogP contribution is -1.75. The van der Waals surface area contributed by atoms with Crippen LogP contribution in [0.1, 0.15) is 32.1 Å². The van der Waals surface area contributed by atoms with E-state index in [1.165, 1.54) is 25.7 Å². The maximum atomic E-state index is 4.09. The van der Waals surface area contributed by atoms with Gasteiger partial charge in [0.2, 0.25) is 0 Å². The van der Waals surface area contributed by atoms with E-state index in [9.17, 15) is 0 Å². The third-order valence-corrected chi connectivity index (χ3v) is 1.50. The van der Waals surface area contributed by atoms with E-state index >= 15 is 0 Å². The zero-order chi connectivity index (χ0) is 6.36. The molecule has 0 aliphatic carbocycles. The van der Waals surface area contributed by atoms with Crippen LogP contribution in [0.15, 0.2) is 17.3 Å². The predicted molar refractivity (Wildman–Crippen MR) is 40.7 cm³/mol. The Morgan fingerprint density at radius 2 is 1.89 bits per heavy atom. The van der Waals surface area contributed by atoms with Gasteiger partial charge < -0.3 is 0 Å². The van der Waals surface area contributed by atoms with Gasteiger partial charge in [-0.2, -0.15) is 0 Å². The van der Waals surface area contributed by atoms with Crippen LogP contribution in [0.4, 0.5) is 0 Å². The summed E-state index contributed by atoms with van der Waals surface area (Å²) in [6.45, 7) is 0. The van der Waals surface area contributed by atoms with Crippen molar-refractivity contribution in [3.63, 3.8) is 0 Å². The van der Waals surface area contributed by atoms with E-state index in [0.717, 1.165) is 6.42 Å². The fourth-order valence-corrected chi connectivity index (χ4v) is 0.945. The molecule has 1 aliphatic heterocycles. The highest BCUT2D eigenvalue weighted by Gasteiger charge is 1.86. The molecule has 1 rings (SSSR count). The first-order valence-corrected chi connectivity index (χ1v) is 3.67. The Bertz CT molecular complexity index is 99.7. The molecule has 0 spiro atoms. The van der Waals surface area contributed by atoms with Gasteiger partial charge in [0.05, 0.1) is 0 Å². The second kappa shape index (κ2) is 4.30. The highest BCUT2D eigenvalue weighted by atomic mass is 14.7. The van der Waals surface area contributed by atoms with Gasteiger partial charge in [-0.25, -0.2) is 0 Å². The van der Waals surface area contributed by atoms with E-state index in [2.05, 4.69) is 11.1 Å². The molecule has 9 heavy (non-hydrogen) atoms. The van der Waals surface area contributed by atoms with Gasteiger partial charge in [0, 0.05) is 12.4 Å². The molecule has 0 N–H and O–H groups in total. The molecule has 0 radical (unpaired) electrons. The Morgan fingerprint density at radius 1 is 1.00 bits per heavy atom. The molecular weight excluding hydrogens is 110 g/mol. The number of hydrogen-bond acceptors (Lipinski definition) is 1. The number of hydrogen-bond donors (Lipinski definition) is 0. The summed E-state index contributed by atoms with van der Waals surface area (Å²) in [6.07, 6.45) is 12.4. The largest absolute Gasteiger partial charge is 0.269 e. The lowest BCUT2D eigenvalue weighted by Gasteiger charge is -1.90. The summed E-state index contributed by atoms with van der Waals surface area (Å²) in [5.41, 5.74) is 0. The smallest absolute Gasteiger partial charge is 0.0223 e. The van der Waals surface area contributed by atoms with E-state index in [1.54, 1.807) is 0 Å². The molecule has 1 aliphatic rings. The fourth-order valence-electron chi connectivity index (χ4n) is 0.945. The Morgan fingerprint density at radius 3 is 2.89 bits per heavy atom. The summed E-state index contributed by atoms with van der Waals surface area (Å²) in [6, 6.07) is 0. The molecule has 0 aromatic heterocycles. The first-order chi connectivity index (χ1) is 4.50. The maximum Gasteiger partial charge on any atom is 0.0223 e. The van der Waals surface area contributed by atoms with Gasteiger partial charge in [-0.1, -0.05) is 12.5 Å². The third kappa shape index (κ3) is 3.07. The molecule has 0 saturated heterocycles. The normalized spacial score (nSPS) is 24.0. The summed E-state index contributed by atoms with van der Waals surface area (Å²) < 4.78 is 0. The topological polar surface area (TPSA) is 12.4 Å². The minimum atomic E-state index is 1.16. The average molecular weight is 123 g/mol. The summed E-state index contributed by atoms with van der Waals surface area (Å²) in [5, 5.41) is 0. The summed E-state index contributed by atoms with van der Waals surface area (Å²) in [4.78, 5) is 4.09. The molecule has 0 saturated carbocycles. The monoisotopic (exact) mass is 123 g/mol. The molecular formula is C8H13N. The van der Waals surface area contributed by atoms with Gasteiger partial charge in [-0.15, -0.1) is 0 Å². The van der Waals surface area contributed by atoms with Crippen LogP contribution in [-0.4, -0.2) is 6.21 Å². The molecule has 0 aromatic rings. The number of allylic oxidation sites excluding steroid dienone is 1. The van der Waals surface area contributed by atoms with Crippen LogP contribution < -0.4 is 0 Å². The lowest BCUT2D eigenvalue weighted by molar-refractivity contribution is 0.712. The van der Waals surface area contributed by atoms with Crippen molar-refractivity contribution < 1.29 is 0 Å². The van der Waals surface area contributed by atoms with Crippen molar-refractivity contribution in [3.05, 3.63) is 12.3 Å². The zero-order valence-corrected chi connectivity index (χ0v) is 5.71. The quantitative estimate of drug-likeness (QED) is 0.469. The Kier molecular flexibility index (Phi) is 3.12. The fraction of sp³-hybridized carbons (Fsp3) is 0.625. The molecule has 0 atom stereocenters. The average Bonchev–Trinajstić information content (AvgIpc) is 2.00. The summed E-state index contributed by atoms with van der Waals surface area (Å²) >= 11 is 0. The van der Waals surface area contributed by atoms with Gasteiger partial charge in [0.1, 0.15) is 0 Å². The molecule has 0 bridgehead atoms. The molecule has 1 heteroatoms. The first-order valence-electron chi connectivity index (χ1n) is 3.67. The van der Waals surface area contributed by atoms with Crippen molar-refractivity contribution in [2.75, 3.05) is 0 Å². The van der Waals surface area contributed by atoms with Crippen LogP contribution in [0.25, 0.3) is 0 Å². The van der Waals surface area contributed by atoms with Crippen LogP contribution >= 0.6 is 0 Å². The highest BCUT2D eigenvalue weighted by molar-refractivity contribution is 5.57. The second-order valence-electron chi connectivity index (χ2n) is 2.35. The van der Waals surface area contributed by atoms with E-state index in [0.29, 0.717) is 0 Å². The van der Waals surface area contributed by atoms with Gasteiger partial charge in [-0.3, -0.25) is 4.99 Å². The van der Waals surface area contributed by atoms with Crippen LogP contribution in [0.5, 0.6) is 0 Å². The second-order valence-corrected chi connectivity index (χ2v) is 2.35. The Hall–Kier alpha value is -0.590. The van der Waals surface area contributed by atoms with Crippen molar-refractivity contribution in [1.29, 1.82) is 0 Å². The van der Waals surface area contributed by atoms with E-state index in [1.807, 2.05) is 12.4 Å². The van der Waals surface area contributed by atoms with Crippen molar-refractivity contribution in [2.24, 2.45) is 4.99 Å². The molecule has 0 amide bonds. The van der Waals surface area contributed by atoms with Gasteiger partial charge in [0.15, 0.2) is 0 Å². The number of aliphatic imine (C=N–C) groups is 1. The van der Waals surface area contributed by atoms with Crippen molar-refractivity contribution in [3.8, 4) is 0 Å². The van der Waals surface area contributed by atoms with Crippen molar-refractivity contribution in [2.45, 2.75) is 32.1 Å². The minimum absolute atomic E-state index is 1.16. The molecule has 1 nitrogen and oxygen atoms in total. The van der Waals surface area contributed by atoms with Gasteiger partial charge in [0.25, 0.3) is 0 Å². The maximum absolute atomic E-state index is 4.09. The van der Waals surface area contributed by atoms with Gasteiger partial charge in [-0.05, 0) is 25.7 Å². The molecule has 0 unspecified atom stereocenters. The zero-order valence-electron chi connectivity index (χ0n) is 5.71. The number of rotatable bonds is 0. The predicted octanol–water partition coefficient (Wildman–Crippen LogP) is 2.54. The van der Waals surface area contributed by atoms with E-state index in [-0.39, 0.29) is 0 Å².